The van der Waals surface area contributed by atoms with Crippen molar-refractivity contribution in [3.05, 3.63) is 0 Å². The van der Waals surface area contributed by atoms with Gasteiger partial charge in [-0.1, -0.05) is 0 Å². The van der Waals surface area contributed by atoms with Crippen molar-refractivity contribution < 1.29 is 9.13 Å². The summed E-state index contributed by atoms with van der Waals surface area (Å²) in [6.07, 6.45) is 1.09. The Morgan fingerprint density at radius 1 is 1.44 bits per heavy atom. The van der Waals surface area contributed by atoms with E-state index in [1.807, 2.05) is 13.8 Å². The molecule has 0 bridgehead atoms. The van der Waals surface area contributed by atoms with Crippen molar-refractivity contribution in [2.24, 2.45) is 0 Å². The van der Waals surface area contributed by atoms with Gasteiger partial charge in [0.1, 0.15) is 6.17 Å². The van der Waals surface area contributed by atoms with E-state index in [0.717, 1.165) is 0 Å². The molecule has 0 saturated heterocycles. The molecule has 2 heteroatoms. The molecule has 54 valence electrons. The summed E-state index contributed by atoms with van der Waals surface area (Å²) in [6.45, 7) is 3.96. The molecule has 0 N–H and O–H groups in total. The molecule has 0 amide bonds. The van der Waals surface area contributed by atoms with E-state index in [-0.39, 0.29) is 12.2 Å². The van der Waals surface area contributed by atoms with Gasteiger partial charge in [0, 0.05) is 12.8 Å². The largest absolute Gasteiger partial charge is 0.375 e. The lowest BCUT2D eigenvalue weighted by Gasteiger charge is -2.30. The normalized spacial score (nSPS) is 34.7. The monoisotopic (exact) mass is 132 g/mol. The van der Waals surface area contributed by atoms with Crippen molar-refractivity contribution in [3.8, 4) is 0 Å². The number of hydrogen-bond donors (Lipinski definition) is 0. The molecule has 1 rings (SSSR count). The second-order valence-electron chi connectivity index (χ2n) is 2.88. The van der Waals surface area contributed by atoms with E-state index in [0.29, 0.717) is 12.8 Å². The maximum absolute atomic E-state index is 12.1. The lowest BCUT2D eigenvalue weighted by atomic mass is 9.93. The molecule has 0 heterocycles. The van der Waals surface area contributed by atoms with Gasteiger partial charge in [-0.05, 0) is 13.8 Å². The van der Waals surface area contributed by atoms with E-state index >= 15 is 0 Å². The minimum Gasteiger partial charge on any atom is -0.375 e. The molecule has 0 aromatic heterocycles. The third-order valence-electron chi connectivity index (χ3n) is 1.50. The molecule has 1 nitrogen and oxygen atoms in total. The average Bonchev–Trinajstić information content (AvgIpc) is 1.60. The molecular formula is C7H13FO. The molecule has 0 aromatic rings. The Morgan fingerprint density at radius 3 is 2.33 bits per heavy atom. The first kappa shape index (κ1) is 7.00. The molecule has 0 radical (unpaired) electrons. The Kier molecular flexibility index (Phi) is 2.06. The fourth-order valence-corrected chi connectivity index (χ4v) is 0.997. The van der Waals surface area contributed by atoms with Crippen LogP contribution in [0.15, 0.2) is 0 Å². The van der Waals surface area contributed by atoms with Gasteiger partial charge in [-0.15, -0.1) is 0 Å². The molecule has 1 fully saturated rings. The first-order valence-electron chi connectivity index (χ1n) is 3.48. The van der Waals surface area contributed by atoms with Crippen molar-refractivity contribution in [2.75, 3.05) is 0 Å². The zero-order chi connectivity index (χ0) is 6.85. The van der Waals surface area contributed by atoms with Crippen molar-refractivity contribution in [1.82, 2.24) is 0 Å². The minimum atomic E-state index is -0.589. The van der Waals surface area contributed by atoms with Crippen LogP contribution in [0.1, 0.15) is 26.7 Å². The molecule has 9 heavy (non-hydrogen) atoms. The van der Waals surface area contributed by atoms with Gasteiger partial charge in [-0.25, -0.2) is 4.39 Å². The third-order valence-corrected chi connectivity index (χ3v) is 1.50. The Balaban J connectivity index is 2.04. The van der Waals surface area contributed by atoms with Crippen LogP contribution >= 0.6 is 0 Å². The van der Waals surface area contributed by atoms with E-state index in [1.54, 1.807) is 0 Å². The molecule has 1 aliphatic carbocycles. The van der Waals surface area contributed by atoms with Crippen molar-refractivity contribution in [1.29, 1.82) is 0 Å². The predicted octanol–water partition coefficient (Wildman–Crippen LogP) is 1.91. The second kappa shape index (κ2) is 2.65. The van der Waals surface area contributed by atoms with Crippen LogP contribution in [-0.4, -0.2) is 18.4 Å². The molecule has 1 aliphatic rings. The highest BCUT2D eigenvalue weighted by Crippen LogP contribution is 2.26. The molecule has 0 aliphatic heterocycles. The topological polar surface area (TPSA) is 9.23 Å². The van der Waals surface area contributed by atoms with Crippen LogP contribution < -0.4 is 0 Å². The number of alkyl halides is 1. The molecule has 0 atom stereocenters. The first-order valence-corrected chi connectivity index (χ1v) is 3.48. The smallest absolute Gasteiger partial charge is 0.105 e. The maximum Gasteiger partial charge on any atom is 0.105 e. The van der Waals surface area contributed by atoms with Crippen LogP contribution in [0.25, 0.3) is 0 Å². The third kappa shape index (κ3) is 1.94. The van der Waals surface area contributed by atoms with Gasteiger partial charge in [-0.3, -0.25) is 0 Å². The van der Waals surface area contributed by atoms with Gasteiger partial charge in [0.2, 0.25) is 0 Å². The van der Waals surface area contributed by atoms with E-state index < -0.39 is 6.17 Å². The molecule has 0 unspecified atom stereocenters. The van der Waals surface area contributed by atoms with Gasteiger partial charge < -0.3 is 4.74 Å². The maximum atomic E-state index is 12.1. The number of rotatable bonds is 2. The summed E-state index contributed by atoms with van der Waals surface area (Å²) in [5.74, 6) is 0. The molecule has 0 aromatic carbocycles. The highest BCUT2D eigenvalue weighted by molar-refractivity contribution is 4.79. The fraction of sp³-hybridized carbons (Fsp3) is 1.00. The SMILES string of the molecule is CC(C)OC1CC(F)C1. The second-order valence-corrected chi connectivity index (χ2v) is 2.88. The molecule has 0 spiro atoms. The zero-order valence-electron chi connectivity index (χ0n) is 5.93. The zero-order valence-corrected chi connectivity index (χ0v) is 5.93. The standard InChI is InChI=1S/C7H13FO/c1-5(2)9-7-3-6(8)4-7/h5-7H,3-4H2,1-2H3. The predicted molar refractivity (Wildman–Crippen MR) is 34.1 cm³/mol. The summed E-state index contributed by atoms with van der Waals surface area (Å²) < 4.78 is 17.5. The summed E-state index contributed by atoms with van der Waals surface area (Å²) in [5.41, 5.74) is 0. The number of ether oxygens (including phenoxy) is 1. The highest BCUT2D eigenvalue weighted by atomic mass is 19.1. The lowest BCUT2D eigenvalue weighted by molar-refractivity contribution is -0.0693. The minimum absolute atomic E-state index is 0.208. The highest BCUT2D eigenvalue weighted by Gasteiger charge is 2.29. The van der Waals surface area contributed by atoms with Crippen LogP contribution in [0.4, 0.5) is 4.39 Å². The van der Waals surface area contributed by atoms with Crippen LogP contribution in [0, 0.1) is 0 Å². The van der Waals surface area contributed by atoms with Gasteiger partial charge in [-0.2, -0.15) is 0 Å². The number of halogens is 1. The van der Waals surface area contributed by atoms with Crippen LogP contribution in [0.5, 0.6) is 0 Å². The van der Waals surface area contributed by atoms with E-state index in [4.69, 9.17) is 4.74 Å². The molecule has 1 saturated carbocycles. The van der Waals surface area contributed by atoms with Gasteiger partial charge in [0.15, 0.2) is 0 Å². The quantitative estimate of drug-likeness (QED) is 0.557. The van der Waals surface area contributed by atoms with Gasteiger partial charge in [0.05, 0.1) is 12.2 Å². The van der Waals surface area contributed by atoms with Crippen LogP contribution in [-0.2, 0) is 4.74 Å². The fourth-order valence-electron chi connectivity index (χ4n) is 0.997. The Bertz CT molecular complexity index is 86.9. The van der Waals surface area contributed by atoms with Crippen LogP contribution in [0.2, 0.25) is 0 Å². The molecular weight excluding hydrogens is 119 g/mol. The number of hydrogen-bond acceptors (Lipinski definition) is 1. The Hall–Kier alpha value is -0.110. The van der Waals surface area contributed by atoms with E-state index in [1.165, 1.54) is 0 Å². The van der Waals surface area contributed by atoms with E-state index in [9.17, 15) is 4.39 Å². The van der Waals surface area contributed by atoms with Crippen molar-refractivity contribution in [3.63, 3.8) is 0 Å². The Morgan fingerprint density at radius 2 is 2.00 bits per heavy atom. The average molecular weight is 132 g/mol. The van der Waals surface area contributed by atoms with Gasteiger partial charge >= 0.3 is 0 Å². The first-order chi connectivity index (χ1) is 4.18. The summed E-state index contributed by atoms with van der Waals surface area (Å²) in [6, 6.07) is 0. The summed E-state index contributed by atoms with van der Waals surface area (Å²) in [4.78, 5) is 0. The summed E-state index contributed by atoms with van der Waals surface area (Å²) >= 11 is 0. The Labute approximate surface area is 55.2 Å². The van der Waals surface area contributed by atoms with Crippen molar-refractivity contribution in [2.45, 2.75) is 45.1 Å². The van der Waals surface area contributed by atoms with Gasteiger partial charge in [0.25, 0.3) is 0 Å². The van der Waals surface area contributed by atoms with E-state index in [2.05, 4.69) is 0 Å². The summed E-state index contributed by atoms with van der Waals surface area (Å²) in [7, 11) is 0. The van der Waals surface area contributed by atoms with Crippen molar-refractivity contribution >= 4 is 0 Å². The summed E-state index contributed by atoms with van der Waals surface area (Å²) in [5, 5.41) is 0. The van der Waals surface area contributed by atoms with Crippen LogP contribution in [0.3, 0.4) is 0 Å². The lowest BCUT2D eigenvalue weighted by Crippen LogP contribution is -2.34.